The molecular weight excluding hydrogens is 224 g/mol. The standard InChI is InChI=1S/C8H5BrOS/c9-8-4-5-3-6(10)1-2-7(5)11-8/h1-4,10H. The van der Waals surface area contributed by atoms with Gasteiger partial charge in [-0.1, -0.05) is 0 Å². The quantitative estimate of drug-likeness (QED) is 0.734. The lowest BCUT2D eigenvalue weighted by molar-refractivity contribution is 0.476. The first kappa shape index (κ1) is 7.13. The average molecular weight is 229 g/mol. The molecule has 1 nitrogen and oxygen atoms in total. The highest BCUT2D eigenvalue weighted by Crippen LogP contribution is 2.31. The molecule has 0 radical (unpaired) electrons. The van der Waals surface area contributed by atoms with Crippen molar-refractivity contribution in [3.8, 4) is 5.75 Å². The van der Waals surface area contributed by atoms with E-state index in [0.717, 1.165) is 9.17 Å². The Balaban J connectivity index is 2.82. The van der Waals surface area contributed by atoms with Crippen LogP contribution in [0.1, 0.15) is 0 Å². The summed E-state index contributed by atoms with van der Waals surface area (Å²) in [4.78, 5) is 0. The number of halogens is 1. The minimum absolute atomic E-state index is 0.322. The van der Waals surface area contributed by atoms with E-state index in [1.165, 1.54) is 4.70 Å². The monoisotopic (exact) mass is 228 g/mol. The van der Waals surface area contributed by atoms with Crippen LogP contribution in [0, 0.1) is 0 Å². The molecule has 11 heavy (non-hydrogen) atoms. The molecule has 0 aliphatic carbocycles. The molecule has 0 atom stereocenters. The lowest BCUT2D eigenvalue weighted by Crippen LogP contribution is -1.61. The zero-order valence-corrected chi connectivity index (χ0v) is 7.95. The summed E-state index contributed by atoms with van der Waals surface area (Å²) in [6.07, 6.45) is 0. The van der Waals surface area contributed by atoms with Crippen molar-refractivity contribution in [3.63, 3.8) is 0 Å². The van der Waals surface area contributed by atoms with Gasteiger partial charge in [0.25, 0.3) is 0 Å². The molecule has 0 amide bonds. The number of phenolic OH excluding ortho intramolecular Hbond substituents is 1. The van der Waals surface area contributed by atoms with Gasteiger partial charge in [-0.3, -0.25) is 0 Å². The van der Waals surface area contributed by atoms with Crippen LogP contribution in [0.2, 0.25) is 0 Å². The van der Waals surface area contributed by atoms with Crippen molar-refractivity contribution >= 4 is 37.4 Å². The van der Waals surface area contributed by atoms with Gasteiger partial charge in [0.05, 0.1) is 3.79 Å². The topological polar surface area (TPSA) is 20.2 Å². The predicted molar refractivity (Wildman–Crippen MR) is 51.2 cm³/mol. The van der Waals surface area contributed by atoms with Gasteiger partial charge >= 0.3 is 0 Å². The minimum atomic E-state index is 0.322. The molecule has 2 rings (SSSR count). The second-order valence-corrected chi connectivity index (χ2v) is 4.74. The number of rotatable bonds is 0. The summed E-state index contributed by atoms with van der Waals surface area (Å²) in [5.41, 5.74) is 0. The van der Waals surface area contributed by atoms with Crippen molar-refractivity contribution in [1.82, 2.24) is 0 Å². The highest BCUT2D eigenvalue weighted by atomic mass is 79.9. The van der Waals surface area contributed by atoms with E-state index in [4.69, 9.17) is 5.11 Å². The lowest BCUT2D eigenvalue weighted by Gasteiger charge is -1.89. The zero-order valence-electron chi connectivity index (χ0n) is 5.54. The Morgan fingerprint density at radius 3 is 2.91 bits per heavy atom. The molecule has 0 saturated carbocycles. The summed E-state index contributed by atoms with van der Waals surface area (Å²) >= 11 is 5.05. The van der Waals surface area contributed by atoms with Crippen molar-refractivity contribution in [1.29, 1.82) is 0 Å². The smallest absolute Gasteiger partial charge is 0.116 e. The van der Waals surface area contributed by atoms with Crippen LogP contribution in [0.15, 0.2) is 28.1 Å². The Morgan fingerprint density at radius 2 is 2.09 bits per heavy atom. The fourth-order valence-electron chi connectivity index (χ4n) is 0.998. The van der Waals surface area contributed by atoms with Crippen LogP contribution in [-0.2, 0) is 0 Å². The third kappa shape index (κ3) is 1.26. The maximum atomic E-state index is 9.13. The summed E-state index contributed by atoms with van der Waals surface area (Å²) in [6, 6.07) is 7.38. The maximum absolute atomic E-state index is 9.13. The summed E-state index contributed by atoms with van der Waals surface area (Å²) in [7, 11) is 0. The van der Waals surface area contributed by atoms with Crippen molar-refractivity contribution < 1.29 is 5.11 Å². The molecule has 1 aromatic heterocycles. The van der Waals surface area contributed by atoms with Gasteiger partial charge in [0, 0.05) is 4.70 Å². The van der Waals surface area contributed by atoms with Crippen LogP contribution in [0.4, 0.5) is 0 Å². The third-order valence-electron chi connectivity index (χ3n) is 1.47. The normalized spacial score (nSPS) is 10.6. The fourth-order valence-corrected chi connectivity index (χ4v) is 2.54. The Kier molecular flexibility index (Phi) is 1.62. The van der Waals surface area contributed by atoms with Crippen molar-refractivity contribution in [2.24, 2.45) is 0 Å². The Morgan fingerprint density at radius 1 is 1.27 bits per heavy atom. The van der Waals surface area contributed by atoms with Crippen molar-refractivity contribution in [3.05, 3.63) is 28.1 Å². The number of thiophene rings is 1. The second kappa shape index (κ2) is 2.50. The molecule has 1 N–H and O–H groups in total. The Labute approximate surface area is 76.4 Å². The number of aromatic hydroxyl groups is 1. The predicted octanol–water partition coefficient (Wildman–Crippen LogP) is 3.37. The van der Waals surface area contributed by atoms with Crippen molar-refractivity contribution in [2.75, 3.05) is 0 Å². The largest absolute Gasteiger partial charge is 0.508 e. The second-order valence-electron chi connectivity index (χ2n) is 2.27. The van der Waals surface area contributed by atoms with Gasteiger partial charge in [0.2, 0.25) is 0 Å². The molecule has 56 valence electrons. The number of benzene rings is 1. The Hall–Kier alpha value is -0.540. The molecule has 3 heteroatoms. The molecule has 0 spiro atoms. The van der Waals surface area contributed by atoms with Gasteiger partial charge < -0.3 is 5.11 Å². The maximum Gasteiger partial charge on any atom is 0.116 e. The molecule has 2 aromatic rings. The molecule has 0 bridgehead atoms. The Bertz CT molecular complexity index is 394. The molecule has 0 aliphatic heterocycles. The first-order valence-electron chi connectivity index (χ1n) is 3.14. The summed E-state index contributed by atoms with van der Waals surface area (Å²) in [6.45, 7) is 0. The zero-order chi connectivity index (χ0) is 7.84. The summed E-state index contributed by atoms with van der Waals surface area (Å²) < 4.78 is 2.28. The number of phenols is 1. The third-order valence-corrected chi connectivity index (χ3v) is 3.09. The van der Waals surface area contributed by atoms with E-state index >= 15 is 0 Å². The van der Waals surface area contributed by atoms with Crippen LogP contribution < -0.4 is 0 Å². The summed E-state index contributed by atoms with van der Waals surface area (Å²) in [5.74, 6) is 0.322. The molecular formula is C8H5BrOS. The van der Waals surface area contributed by atoms with Gasteiger partial charge in [-0.05, 0) is 45.6 Å². The molecule has 0 fully saturated rings. The van der Waals surface area contributed by atoms with Gasteiger partial charge in [0.1, 0.15) is 5.75 Å². The van der Waals surface area contributed by atoms with E-state index in [1.807, 2.05) is 12.1 Å². The van der Waals surface area contributed by atoms with E-state index < -0.39 is 0 Å². The highest BCUT2D eigenvalue weighted by molar-refractivity contribution is 9.11. The van der Waals surface area contributed by atoms with Gasteiger partial charge in [-0.15, -0.1) is 11.3 Å². The molecule has 0 saturated heterocycles. The molecule has 0 aliphatic rings. The van der Waals surface area contributed by atoms with Gasteiger partial charge in [-0.25, -0.2) is 0 Å². The van der Waals surface area contributed by atoms with Crippen LogP contribution in [0.5, 0.6) is 5.75 Å². The molecule has 1 aromatic carbocycles. The highest BCUT2D eigenvalue weighted by Gasteiger charge is 1.98. The van der Waals surface area contributed by atoms with Crippen LogP contribution in [-0.4, -0.2) is 5.11 Å². The molecule has 1 heterocycles. The van der Waals surface area contributed by atoms with Crippen LogP contribution in [0.3, 0.4) is 0 Å². The first-order chi connectivity index (χ1) is 5.25. The van der Waals surface area contributed by atoms with Gasteiger partial charge in [0.15, 0.2) is 0 Å². The first-order valence-corrected chi connectivity index (χ1v) is 4.75. The van der Waals surface area contributed by atoms with Gasteiger partial charge in [-0.2, -0.15) is 0 Å². The lowest BCUT2D eigenvalue weighted by atomic mass is 10.2. The van der Waals surface area contributed by atoms with E-state index in [9.17, 15) is 0 Å². The van der Waals surface area contributed by atoms with E-state index in [1.54, 1.807) is 23.5 Å². The van der Waals surface area contributed by atoms with E-state index in [2.05, 4.69) is 15.9 Å². The summed E-state index contributed by atoms with van der Waals surface area (Å²) in [5, 5.41) is 10.2. The average Bonchev–Trinajstić information content (AvgIpc) is 2.27. The fraction of sp³-hybridized carbons (Fsp3) is 0. The molecule has 0 unspecified atom stereocenters. The van der Waals surface area contributed by atoms with Crippen LogP contribution in [0.25, 0.3) is 10.1 Å². The number of fused-ring (bicyclic) bond motifs is 1. The minimum Gasteiger partial charge on any atom is -0.508 e. The van der Waals surface area contributed by atoms with Crippen LogP contribution >= 0.6 is 27.3 Å². The number of hydrogen-bond donors (Lipinski definition) is 1. The van der Waals surface area contributed by atoms with E-state index in [0.29, 0.717) is 5.75 Å². The number of hydrogen-bond acceptors (Lipinski definition) is 2. The van der Waals surface area contributed by atoms with E-state index in [-0.39, 0.29) is 0 Å². The van der Waals surface area contributed by atoms with Crippen molar-refractivity contribution in [2.45, 2.75) is 0 Å². The SMILES string of the molecule is Oc1ccc2sc(Br)cc2c1.